The van der Waals surface area contributed by atoms with Crippen LogP contribution in [0.3, 0.4) is 0 Å². The van der Waals surface area contributed by atoms with Crippen LogP contribution in [-0.4, -0.2) is 10.5 Å². The number of nitrogens with one attached hydrogen (secondary N) is 1. The summed E-state index contributed by atoms with van der Waals surface area (Å²) in [5.74, 6) is -0.921. The van der Waals surface area contributed by atoms with Gasteiger partial charge >= 0.3 is 5.76 Å². The van der Waals surface area contributed by atoms with E-state index in [-0.39, 0.29) is 18.5 Å². The third-order valence-corrected chi connectivity index (χ3v) is 4.26. The zero-order valence-electron chi connectivity index (χ0n) is 12.8. The first-order chi connectivity index (χ1) is 11.5. The molecule has 0 radical (unpaired) electrons. The molecule has 0 saturated heterocycles. The first kappa shape index (κ1) is 16.6. The highest BCUT2D eigenvalue weighted by Crippen LogP contribution is 2.22. The predicted octanol–water partition coefficient (Wildman–Crippen LogP) is 3.78. The Morgan fingerprint density at radius 3 is 2.75 bits per heavy atom. The summed E-state index contributed by atoms with van der Waals surface area (Å²) in [6.45, 7) is 1.68. The SMILES string of the molecule is C[C@@H](NC(=O)Cn1c(=O)oc2cc(Cl)ccc21)c1ccccc1Cl. The molecule has 0 bridgehead atoms. The number of amides is 1. The van der Waals surface area contributed by atoms with Crippen molar-refractivity contribution in [2.24, 2.45) is 0 Å². The fourth-order valence-electron chi connectivity index (χ4n) is 2.52. The van der Waals surface area contributed by atoms with Crippen LogP contribution in [-0.2, 0) is 11.3 Å². The van der Waals surface area contributed by atoms with E-state index in [4.69, 9.17) is 27.6 Å². The Hall–Kier alpha value is -2.24. The number of carbonyl (C=O) groups is 1. The Kier molecular flexibility index (Phi) is 4.64. The van der Waals surface area contributed by atoms with Crippen LogP contribution in [0.2, 0.25) is 10.0 Å². The molecule has 1 N–H and O–H groups in total. The molecule has 0 spiro atoms. The van der Waals surface area contributed by atoms with Crippen LogP contribution in [0.4, 0.5) is 0 Å². The monoisotopic (exact) mass is 364 g/mol. The van der Waals surface area contributed by atoms with Crippen LogP contribution in [0, 0.1) is 0 Å². The van der Waals surface area contributed by atoms with Crippen molar-refractivity contribution in [3.63, 3.8) is 0 Å². The zero-order chi connectivity index (χ0) is 17.3. The molecule has 1 amide bonds. The smallest absolute Gasteiger partial charge is 0.408 e. The lowest BCUT2D eigenvalue weighted by atomic mass is 10.1. The highest BCUT2D eigenvalue weighted by Gasteiger charge is 2.16. The molecule has 0 fully saturated rings. The maximum atomic E-state index is 12.3. The van der Waals surface area contributed by atoms with E-state index in [2.05, 4.69) is 5.32 Å². The van der Waals surface area contributed by atoms with Crippen molar-refractivity contribution in [2.45, 2.75) is 19.5 Å². The lowest BCUT2D eigenvalue weighted by molar-refractivity contribution is -0.122. The Morgan fingerprint density at radius 2 is 2.00 bits per heavy atom. The number of benzene rings is 2. The summed E-state index contributed by atoms with van der Waals surface area (Å²) in [5.41, 5.74) is 1.67. The minimum atomic E-state index is -0.604. The molecular weight excluding hydrogens is 351 g/mol. The number of fused-ring (bicyclic) bond motifs is 1. The van der Waals surface area contributed by atoms with Gasteiger partial charge in [0.25, 0.3) is 0 Å². The second-order valence-electron chi connectivity index (χ2n) is 5.38. The van der Waals surface area contributed by atoms with E-state index in [9.17, 15) is 9.59 Å². The molecule has 5 nitrogen and oxygen atoms in total. The van der Waals surface area contributed by atoms with Gasteiger partial charge in [0.2, 0.25) is 5.91 Å². The number of carbonyl (C=O) groups excluding carboxylic acids is 1. The fraction of sp³-hybridized carbons (Fsp3) is 0.176. The molecule has 1 aromatic heterocycles. The van der Waals surface area contributed by atoms with E-state index in [0.717, 1.165) is 5.56 Å². The molecule has 0 aliphatic heterocycles. The molecule has 1 atom stereocenters. The van der Waals surface area contributed by atoms with Crippen LogP contribution in [0.1, 0.15) is 18.5 Å². The second kappa shape index (κ2) is 6.71. The van der Waals surface area contributed by atoms with E-state index >= 15 is 0 Å². The van der Waals surface area contributed by atoms with E-state index in [1.807, 2.05) is 25.1 Å². The molecule has 0 unspecified atom stereocenters. The van der Waals surface area contributed by atoms with Crippen molar-refractivity contribution < 1.29 is 9.21 Å². The number of hydrogen-bond acceptors (Lipinski definition) is 3. The third kappa shape index (κ3) is 3.32. The van der Waals surface area contributed by atoms with Gasteiger partial charge in [-0.1, -0.05) is 41.4 Å². The first-order valence-corrected chi connectivity index (χ1v) is 8.04. The van der Waals surface area contributed by atoms with Gasteiger partial charge in [-0.05, 0) is 30.7 Å². The highest BCUT2D eigenvalue weighted by molar-refractivity contribution is 6.31. The van der Waals surface area contributed by atoms with Crippen LogP contribution >= 0.6 is 23.2 Å². The number of halogens is 2. The van der Waals surface area contributed by atoms with E-state index in [0.29, 0.717) is 21.1 Å². The summed E-state index contributed by atoms with van der Waals surface area (Å²) in [7, 11) is 0. The molecule has 24 heavy (non-hydrogen) atoms. The molecule has 0 saturated carbocycles. The summed E-state index contributed by atoms with van der Waals surface area (Å²) >= 11 is 12.0. The van der Waals surface area contributed by atoms with Gasteiger partial charge in [-0.25, -0.2) is 4.79 Å². The van der Waals surface area contributed by atoms with Crippen LogP contribution in [0.25, 0.3) is 11.1 Å². The molecule has 3 aromatic rings. The summed E-state index contributed by atoms with van der Waals surface area (Å²) in [4.78, 5) is 24.2. The second-order valence-corrected chi connectivity index (χ2v) is 6.22. The summed E-state index contributed by atoms with van der Waals surface area (Å²) in [6.07, 6.45) is 0. The van der Waals surface area contributed by atoms with Crippen molar-refractivity contribution in [3.8, 4) is 0 Å². The minimum Gasteiger partial charge on any atom is -0.408 e. The van der Waals surface area contributed by atoms with Gasteiger partial charge < -0.3 is 9.73 Å². The van der Waals surface area contributed by atoms with Gasteiger partial charge in [0.15, 0.2) is 5.58 Å². The molecular formula is C17H14Cl2N2O3. The molecule has 2 aromatic carbocycles. The van der Waals surface area contributed by atoms with E-state index in [1.165, 1.54) is 4.57 Å². The molecule has 1 heterocycles. The maximum absolute atomic E-state index is 12.3. The van der Waals surface area contributed by atoms with Gasteiger partial charge in [-0.2, -0.15) is 0 Å². The van der Waals surface area contributed by atoms with E-state index in [1.54, 1.807) is 24.3 Å². The first-order valence-electron chi connectivity index (χ1n) is 7.28. The Morgan fingerprint density at radius 1 is 1.25 bits per heavy atom. The lowest BCUT2D eigenvalue weighted by Crippen LogP contribution is -2.32. The number of hydrogen-bond donors (Lipinski definition) is 1. The van der Waals surface area contributed by atoms with Gasteiger partial charge in [0, 0.05) is 16.1 Å². The number of oxazole rings is 1. The normalized spacial score (nSPS) is 12.3. The predicted molar refractivity (Wildman–Crippen MR) is 93.5 cm³/mol. The summed E-state index contributed by atoms with van der Waals surface area (Å²) < 4.78 is 6.38. The van der Waals surface area contributed by atoms with Gasteiger partial charge in [0.05, 0.1) is 11.6 Å². The Labute approximate surface area is 147 Å². The number of nitrogens with zero attached hydrogens (tertiary/aromatic N) is 1. The van der Waals surface area contributed by atoms with Crippen molar-refractivity contribution in [1.29, 1.82) is 0 Å². The average Bonchev–Trinajstić information content (AvgIpc) is 2.82. The minimum absolute atomic E-state index is 0.151. The summed E-state index contributed by atoms with van der Waals surface area (Å²) in [5, 5.41) is 3.86. The molecule has 0 aliphatic carbocycles. The average molecular weight is 365 g/mol. The van der Waals surface area contributed by atoms with Gasteiger partial charge in [0.1, 0.15) is 6.54 Å². The van der Waals surface area contributed by atoms with Gasteiger partial charge in [-0.15, -0.1) is 0 Å². The largest absolute Gasteiger partial charge is 0.420 e. The van der Waals surface area contributed by atoms with Crippen LogP contribution < -0.4 is 11.1 Å². The molecule has 124 valence electrons. The van der Waals surface area contributed by atoms with Gasteiger partial charge in [-0.3, -0.25) is 9.36 Å². The quantitative estimate of drug-likeness (QED) is 0.765. The third-order valence-electron chi connectivity index (χ3n) is 3.68. The fourth-order valence-corrected chi connectivity index (χ4v) is 2.99. The number of aromatic nitrogens is 1. The van der Waals surface area contributed by atoms with Crippen LogP contribution in [0.15, 0.2) is 51.7 Å². The summed E-state index contributed by atoms with van der Waals surface area (Å²) in [6, 6.07) is 11.8. The lowest BCUT2D eigenvalue weighted by Gasteiger charge is -2.15. The topological polar surface area (TPSA) is 64.2 Å². The van der Waals surface area contributed by atoms with Crippen molar-refractivity contribution in [1.82, 2.24) is 9.88 Å². The van der Waals surface area contributed by atoms with Crippen molar-refractivity contribution in [3.05, 3.63) is 68.6 Å². The molecule has 0 aliphatic rings. The van der Waals surface area contributed by atoms with Crippen molar-refractivity contribution in [2.75, 3.05) is 0 Å². The molecule has 7 heteroatoms. The Bertz CT molecular complexity index is 962. The highest BCUT2D eigenvalue weighted by atomic mass is 35.5. The standard InChI is InChI=1S/C17H14Cl2N2O3/c1-10(12-4-2-3-5-13(12)19)20-16(22)9-21-14-7-6-11(18)8-15(14)24-17(21)23/h2-8,10H,9H2,1H3,(H,20,22)/t10-/m1/s1. The Balaban J connectivity index is 1.79. The number of rotatable bonds is 4. The maximum Gasteiger partial charge on any atom is 0.420 e. The van der Waals surface area contributed by atoms with Crippen LogP contribution in [0.5, 0.6) is 0 Å². The zero-order valence-corrected chi connectivity index (χ0v) is 14.3. The van der Waals surface area contributed by atoms with Crippen molar-refractivity contribution >= 4 is 40.2 Å². The molecule has 3 rings (SSSR count). The van der Waals surface area contributed by atoms with E-state index < -0.39 is 5.76 Å².